The van der Waals surface area contributed by atoms with Crippen molar-refractivity contribution in [1.82, 2.24) is 0 Å². The Morgan fingerprint density at radius 3 is 1.88 bits per heavy atom. The van der Waals surface area contributed by atoms with Crippen LogP contribution in [0.5, 0.6) is 0 Å². The quantitative estimate of drug-likeness (QED) is 0.249. The molecule has 2 aliphatic heterocycles. The van der Waals surface area contributed by atoms with Crippen molar-refractivity contribution in [3.8, 4) is 0 Å². The Kier molecular flexibility index (Phi) is 8.53. The smallest absolute Gasteiger partial charge is 0.192 e. The largest absolute Gasteiger partial charge is 0.411 e. The van der Waals surface area contributed by atoms with Gasteiger partial charge in [0.05, 0.1) is 35.6 Å². The van der Waals surface area contributed by atoms with Crippen molar-refractivity contribution in [3.05, 3.63) is 0 Å². The predicted molar refractivity (Wildman–Crippen MR) is 147 cm³/mol. The van der Waals surface area contributed by atoms with Crippen LogP contribution < -0.4 is 0 Å². The van der Waals surface area contributed by atoms with Gasteiger partial charge in [0.15, 0.2) is 16.6 Å². The second-order valence-electron chi connectivity index (χ2n) is 14.9. The molecular weight excluding hydrogens is 460 g/mol. The van der Waals surface area contributed by atoms with Gasteiger partial charge in [0.1, 0.15) is 6.10 Å². The number of hydrogen-bond acceptors (Lipinski definition) is 5. The van der Waals surface area contributed by atoms with Crippen LogP contribution in [-0.2, 0) is 18.3 Å². The van der Waals surface area contributed by atoms with Crippen LogP contribution in [0.3, 0.4) is 0 Å². The van der Waals surface area contributed by atoms with E-state index in [1.165, 1.54) is 0 Å². The van der Waals surface area contributed by atoms with Crippen LogP contribution in [0, 0.1) is 0 Å². The first-order chi connectivity index (χ1) is 15.0. The number of hydrogen-bond donors (Lipinski definition) is 1. The molecule has 0 bridgehead atoms. The third-order valence-corrected chi connectivity index (χ3v) is 18.6. The highest BCUT2D eigenvalue weighted by Crippen LogP contribution is 2.48. The zero-order valence-corrected chi connectivity index (χ0v) is 26.8. The highest BCUT2D eigenvalue weighted by atomic mass is 28.4. The highest BCUT2D eigenvalue weighted by molar-refractivity contribution is 6.74. The van der Waals surface area contributed by atoms with E-state index in [-0.39, 0.29) is 51.8 Å². The molecule has 34 heavy (non-hydrogen) atoms. The summed E-state index contributed by atoms with van der Waals surface area (Å²) in [4.78, 5) is 0. The summed E-state index contributed by atoms with van der Waals surface area (Å²) in [5.41, 5.74) is -0.965. The fourth-order valence-corrected chi connectivity index (χ4v) is 7.83. The maximum atomic E-state index is 9.55. The first-order valence-electron chi connectivity index (χ1n) is 13.3. The molecule has 0 saturated carbocycles. The molecular formula is C27H56O5Si2. The van der Waals surface area contributed by atoms with E-state index in [0.29, 0.717) is 0 Å². The minimum Gasteiger partial charge on any atom is -0.411 e. The maximum absolute atomic E-state index is 9.55. The molecule has 0 aromatic carbocycles. The van der Waals surface area contributed by atoms with Crippen molar-refractivity contribution < 1.29 is 23.4 Å². The fraction of sp³-hybridized carbons (Fsp3) is 1.00. The Morgan fingerprint density at radius 1 is 0.912 bits per heavy atom. The third kappa shape index (κ3) is 6.56. The van der Waals surface area contributed by atoms with E-state index in [1.54, 1.807) is 0 Å². The van der Waals surface area contributed by atoms with Crippen LogP contribution in [0.15, 0.2) is 0 Å². The molecule has 0 aromatic rings. The monoisotopic (exact) mass is 516 g/mol. The van der Waals surface area contributed by atoms with Crippen LogP contribution in [0.1, 0.15) is 94.9 Å². The second-order valence-corrected chi connectivity index (χ2v) is 24.4. The van der Waals surface area contributed by atoms with Crippen molar-refractivity contribution >= 4 is 16.6 Å². The first kappa shape index (κ1) is 30.5. The Labute approximate surface area is 212 Å². The molecule has 2 saturated heterocycles. The first-order valence-corrected chi connectivity index (χ1v) is 19.2. The van der Waals surface area contributed by atoms with Crippen molar-refractivity contribution in [3.63, 3.8) is 0 Å². The average Bonchev–Trinajstić information content (AvgIpc) is 3.10. The second kappa shape index (κ2) is 9.52. The summed E-state index contributed by atoms with van der Waals surface area (Å²) < 4.78 is 26.7. The van der Waals surface area contributed by atoms with Crippen LogP contribution in [-0.4, -0.2) is 63.5 Å². The molecule has 0 radical (unpaired) electrons. The van der Waals surface area contributed by atoms with Crippen LogP contribution in [0.25, 0.3) is 0 Å². The van der Waals surface area contributed by atoms with Gasteiger partial charge in [0.25, 0.3) is 0 Å². The van der Waals surface area contributed by atoms with Crippen molar-refractivity contribution in [2.75, 3.05) is 6.61 Å². The minimum absolute atomic E-state index is 0.0116. The predicted octanol–water partition coefficient (Wildman–Crippen LogP) is 7.04. The van der Waals surface area contributed by atoms with Gasteiger partial charge in [-0.2, -0.15) is 0 Å². The van der Waals surface area contributed by atoms with Crippen molar-refractivity contribution in [2.45, 2.75) is 166 Å². The van der Waals surface area contributed by atoms with Gasteiger partial charge in [0, 0.05) is 0 Å². The summed E-state index contributed by atoms with van der Waals surface area (Å²) in [5, 5.41) is 9.83. The van der Waals surface area contributed by atoms with E-state index >= 15 is 0 Å². The van der Waals surface area contributed by atoms with Crippen molar-refractivity contribution in [1.29, 1.82) is 0 Å². The summed E-state index contributed by atoms with van der Waals surface area (Å²) in [5.74, 6) is 0. The molecule has 1 N–H and O–H groups in total. The molecule has 2 aliphatic rings. The van der Waals surface area contributed by atoms with E-state index in [1.807, 2.05) is 0 Å². The lowest BCUT2D eigenvalue weighted by atomic mass is 9.88. The average molecular weight is 517 g/mol. The lowest BCUT2D eigenvalue weighted by Gasteiger charge is -2.47. The zero-order chi connectivity index (χ0) is 26.6. The summed E-state index contributed by atoms with van der Waals surface area (Å²) in [7, 11) is -3.94. The number of epoxide rings is 1. The van der Waals surface area contributed by atoms with Gasteiger partial charge in [-0.1, -0.05) is 41.5 Å². The minimum atomic E-state index is -2.01. The Morgan fingerprint density at radius 2 is 1.44 bits per heavy atom. The van der Waals surface area contributed by atoms with Crippen LogP contribution in [0.2, 0.25) is 36.3 Å². The van der Waals surface area contributed by atoms with Gasteiger partial charge in [-0.3, -0.25) is 0 Å². The molecule has 0 spiro atoms. The van der Waals surface area contributed by atoms with E-state index in [4.69, 9.17) is 18.3 Å². The number of aliphatic hydroxyl groups excluding tert-OH is 1. The van der Waals surface area contributed by atoms with E-state index in [9.17, 15) is 5.11 Å². The normalized spacial score (nSPS) is 32.2. The third-order valence-electron chi connectivity index (χ3n) is 9.44. The van der Waals surface area contributed by atoms with E-state index in [2.05, 4.69) is 95.4 Å². The molecule has 0 unspecified atom stereocenters. The molecule has 2 heterocycles. The summed E-state index contributed by atoms with van der Waals surface area (Å²) in [6.45, 7) is 31.9. The molecule has 0 aliphatic carbocycles. The van der Waals surface area contributed by atoms with Gasteiger partial charge in [-0.25, -0.2) is 0 Å². The highest BCUT2D eigenvalue weighted by Gasteiger charge is 2.55. The Bertz CT molecular complexity index is 709. The Balaban J connectivity index is 2.23. The number of aliphatic hydroxyl groups is 1. The van der Waals surface area contributed by atoms with E-state index < -0.39 is 16.6 Å². The Hall–Kier alpha value is 0.234. The summed E-state index contributed by atoms with van der Waals surface area (Å²) >= 11 is 0. The van der Waals surface area contributed by atoms with Crippen LogP contribution in [0.4, 0.5) is 0 Å². The van der Waals surface area contributed by atoms with E-state index in [0.717, 1.165) is 25.7 Å². The number of rotatable bonds is 10. The number of ether oxygens (including phenoxy) is 2. The lowest BCUT2D eigenvalue weighted by molar-refractivity contribution is -0.147. The molecule has 7 heteroatoms. The molecule has 202 valence electrons. The SMILES string of the molecule is CC(C)(O[Si](C)(C)C(C)(C)C)[C@@H]1CC[C@@](C)([C@@H](CC[C@]2(C)O[C@H]2CO)O[Si](C)(C)C(C)(C)C)O1. The van der Waals surface area contributed by atoms with Crippen LogP contribution >= 0.6 is 0 Å². The fourth-order valence-electron chi connectivity index (χ4n) is 4.64. The lowest BCUT2D eigenvalue weighted by Crippen LogP contribution is -2.54. The van der Waals surface area contributed by atoms with Gasteiger partial charge in [0.2, 0.25) is 0 Å². The molecule has 2 fully saturated rings. The summed E-state index contributed by atoms with van der Waals surface area (Å²) in [6.07, 6.45) is 3.64. The maximum Gasteiger partial charge on any atom is 0.192 e. The van der Waals surface area contributed by atoms with Gasteiger partial charge < -0.3 is 23.4 Å². The topological polar surface area (TPSA) is 60.5 Å². The molecule has 5 atom stereocenters. The molecule has 0 amide bonds. The van der Waals surface area contributed by atoms with Crippen molar-refractivity contribution in [2.24, 2.45) is 0 Å². The van der Waals surface area contributed by atoms with Gasteiger partial charge in [-0.05, 0) is 89.6 Å². The zero-order valence-electron chi connectivity index (χ0n) is 24.8. The van der Waals surface area contributed by atoms with Gasteiger partial charge >= 0.3 is 0 Å². The molecule has 5 nitrogen and oxygen atoms in total. The molecule has 2 rings (SSSR count). The summed E-state index contributed by atoms with van der Waals surface area (Å²) in [6, 6.07) is 0. The van der Waals surface area contributed by atoms with Gasteiger partial charge in [-0.15, -0.1) is 0 Å². The molecule has 0 aromatic heterocycles. The standard InChI is InChI=1S/C27H56O5Si2/c1-23(2,3)33(11,12)31-21(16-18-27(10)22(19-28)30-27)26(9)17-15-20(29-26)25(7,8)32-34(13,14)24(4,5)6/h20-22,28H,15-19H2,1-14H3/t20-,21+,22-,26-,27-/m0/s1.